The first-order valence-electron chi connectivity index (χ1n) is 11.9. The number of carbonyl (C=O) groups excluding carboxylic acids is 2. The fraction of sp³-hybridized carbons (Fsp3) is 0.214. The number of fused-ring (bicyclic) bond motifs is 1. The molecule has 1 fully saturated rings. The Morgan fingerprint density at radius 3 is 1.97 bits per heavy atom. The second-order valence-electron chi connectivity index (χ2n) is 8.64. The second-order valence-corrected chi connectivity index (χ2v) is 8.64. The van der Waals surface area contributed by atoms with Crippen LogP contribution in [0.2, 0.25) is 0 Å². The van der Waals surface area contributed by atoms with Gasteiger partial charge >= 0.3 is 5.97 Å². The highest BCUT2D eigenvalue weighted by molar-refractivity contribution is 6.03. The first-order valence-corrected chi connectivity index (χ1v) is 11.9. The maximum Gasteiger partial charge on any atom is 0.360 e. The number of anilines is 1. The lowest BCUT2D eigenvalue weighted by Gasteiger charge is -2.37. The lowest BCUT2D eigenvalue weighted by atomic mass is 10.1. The van der Waals surface area contributed by atoms with Crippen LogP contribution in [0, 0.1) is 0 Å². The SMILES string of the molecule is CC(OC(=O)c1nn(-c2ccccc2)c(=O)c2ccccc12)C(=O)N1CCN(c2ccccc2)CC1. The normalized spacial score (nSPS) is 14.5. The van der Waals surface area contributed by atoms with Crippen molar-refractivity contribution in [2.24, 2.45) is 0 Å². The van der Waals surface area contributed by atoms with E-state index in [0.29, 0.717) is 42.6 Å². The maximum atomic E-state index is 13.2. The molecular formula is C28H26N4O4. The van der Waals surface area contributed by atoms with Gasteiger partial charge in [0.25, 0.3) is 11.5 Å². The Balaban J connectivity index is 1.34. The molecule has 36 heavy (non-hydrogen) atoms. The summed E-state index contributed by atoms with van der Waals surface area (Å²) in [6, 6.07) is 25.7. The molecule has 0 bridgehead atoms. The monoisotopic (exact) mass is 482 g/mol. The molecule has 4 aromatic rings. The number of ether oxygens (including phenoxy) is 1. The van der Waals surface area contributed by atoms with E-state index in [1.54, 1.807) is 60.4 Å². The molecule has 182 valence electrons. The number of piperazine rings is 1. The summed E-state index contributed by atoms with van der Waals surface area (Å²) in [4.78, 5) is 43.3. The highest BCUT2D eigenvalue weighted by atomic mass is 16.5. The van der Waals surface area contributed by atoms with Crippen LogP contribution in [0.3, 0.4) is 0 Å². The highest BCUT2D eigenvalue weighted by Gasteiger charge is 2.29. The Labute approximate surface area is 208 Å². The molecule has 1 aliphatic heterocycles. The summed E-state index contributed by atoms with van der Waals surface area (Å²) in [5.74, 6) is -1.00. The van der Waals surface area contributed by atoms with Gasteiger partial charge in [0.2, 0.25) is 0 Å². The van der Waals surface area contributed by atoms with Gasteiger partial charge in [-0.15, -0.1) is 0 Å². The van der Waals surface area contributed by atoms with Crippen LogP contribution in [0.15, 0.2) is 89.7 Å². The first kappa shape index (κ1) is 23.3. The van der Waals surface area contributed by atoms with Crippen molar-refractivity contribution in [1.82, 2.24) is 14.7 Å². The van der Waals surface area contributed by atoms with Gasteiger partial charge in [0.05, 0.1) is 11.1 Å². The Kier molecular flexibility index (Phi) is 6.49. The fourth-order valence-corrected chi connectivity index (χ4v) is 4.43. The summed E-state index contributed by atoms with van der Waals surface area (Å²) in [6.45, 7) is 4.04. The zero-order valence-corrected chi connectivity index (χ0v) is 19.9. The predicted molar refractivity (Wildman–Crippen MR) is 137 cm³/mol. The minimum Gasteiger partial charge on any atom is -0.448 e. The minimum atomic E-state index is -0.988. The molecule has 1 saturated heterocycles. The third-order valence-corrected chi connectivity index (χ3v) is 6.34. The van der Waals surface area contributed by atoms with Gasteiger partial charge in [-0.2, -0.15) is 9.78 Å². The van der Waals surface area contributed by atoms with Crippen molar-refractivity contribution in [2.75, 3.05) is 31.1 Å². The summed E-state index contributed by atoms with van der Waals surface area (Å²) >= 11 is 0. The summed E-state index contributed by atoms with van der Waals surface area (Å²) < 4.78 is 6.77. The van der Waals surface area contributed by atoms with Gasteiger partial charge in [-0.1, -0.05) is 54.6 Å². The van der Waals surface area contributed by atoms with Gasteiger partial charge < -0.3 is 14.5 Å². The summed E-state index contributed by atoms with van der Waals surface area (Å²) in [6.07, 6.45) is -0.988. The molecular weight excluding hydrogens is 456 g/mol. The molecule has 0 aliphatic carbocycles. The Morgan fingerprint density at radius 2 is 1.33 bits per heavy atom. The molecule has 5 rings (SSSR count). The standard InChI is InChI=1S/C28H26N4O4/c1-20(26(33)31-18-16-30(17-19-31)21-10-4-2-5-11-21)36-28(35)25-23-14-8-9-15-24(23)27(34)32(29-25)22-12-6-3-7-13-22/h2-15,20H,16-19H2,1H3. The van der Waals surface area contributed by atoms with Gasteiger partial charge in [0.1, 0.15) is 0 Å². The molecule has 0 radical (unpaired) electrons. The van der Waals surface area contributed by atoms with Crippen LogP contribution in [0.1, 0.15) is 17.4 Å². The van der Waals surface area contributed by atoms with Gasteiger partial charge in [-0.3, -0.25) is 9.59 Å². The van der Waals surface area contributed by atoms with Crippen LogP contribution in [0.5, 0.6) is 0 Å². The highest BCUT2D eigenvalue weighted by Crippen LogP contribution is 2.19. The van der Waals surface area contributed by atoms with Crippen LogP contribution in [0.4, 0.5) is 5.69 Å². The van der Waals surface area contributed by atoms with Crippen molar-refractivity contribution in [3.05, 3.63) is 101 Å². The second kappa shape index (κ2) is 10.0. The summed E-state index contributed by atoms with van der Waals surface area (Å²) in [7, 11) is 0. The van der Waals surface area contributed by atoms with E-state index in [1.807, 2.05) is 36.4 Å². The number of hydrogen-bond donors (Lipinski definition) is 0. The molecule has 8 nitrogen and oxygen atoms in total. The van der Waals surface area contributed by atoms with Crippen molar-refractivity contribution in [1.29, 1.82) is 0 Å². The summed E-state index contributed by atoms with van der Waals surface area (Å²) in [5.41, 5.74) is 1.30. The molecule has 3 aromatic carbocycles. The van der Waals surface area contributed by atoms with Crippen LogP contribution in [0.25, 0.3) is 16.5 Å². The number of nitrogens with zero attached hydrogens (tertiary/aromatic N) is 4. The maximum absolute atomic E-state index is 13.2. The molecule has 0 spiro atoms. The van der Waals surface area contributed by atoms with Gasteiger partial charge in [-0.25, -0.2) is 4.79 Å². The van der Waals surface area contributed by atoms with Gasteiger partial charge in [0.15, 0.2) is 11.8 Å². The van der Waals surface area contributed by atoms with E-state index in [2.05, 4.69) is 10.00 Å². The molecule has 1 amide bonds. The van der Waals surface area contributed by atoms with Gasteiger partial charge in [0, 0.05) is 37.3 Å². The molecule has 1 aliphatic rings. The van der Waals surface area contributed by atoms with E-state index < -0.39 is 12.1 Å². The van der Waals surface area contributed by atoms with Crippen LogP contribution < -0.4 is 10.5 Å². The number of benzene rings is 3. The van der Waals surface area contributed by atoms with E-state index in [9.17, 15) is 14.4 Å². The van der Waals surface area contributed by atoms with Crippen molar-refractivity contribution >= 4 is 28.3 Å². The van der Waals surface area contributed by atoms with Crippen molar-refractivity contribution in [3.8, 4) is 5.69 Å². The van der Waals surface area contributed by atoms with E-state index in [1.165, 1.54) is 4.68 Å². The van der Waals surface area contributed by atoms with Crippen LogP contribution in [-0.2, 0) is 9.53 Å². The number of hydrogen-bond acceptors (Lipinski definition) is 6. The molecule has 1 atom stereocenters. The molecule has 1 aromatic heterocycles. The lowest BCUT2D eigenvalue weighted by molar-refractivity contribution is -0.140. The Bertz CT molecular complexity index is 1450. The van der Waals surface area contributed by atoms with Crippen LogP contribution >= 0.6 is 0 Å². The molecule has 2 heterocycles. The average molecular weight is 483 g/mol. The lowest BCUT2D eigenvalue weighted by Crippen LogP contribution is -2.51. The zero-order chi connectivity index (χ0) is 25.1. The Morgan fingerprint density at radius 1 is 0.778 bits per heavy atom. The number of aromatic nitrogens is 2. The van der Waals surface area contributed by atoms with Crippen LogP contribution in [-0.4, -0.2) is 58.8 Å². The average Bonchev–Trinajstić information content (AvgIpc) is 2.94. The van der Waals surface area contributed by atoms with Gasteiger partial charge in [-0.05, 0) is 37.3 Å². The van der Waals surface area contributed by atoms with Crippen molar-refractivity contribution in [3.63, 3.8) is 0 Å². The van der Waals surface area contributed by atoms with E-state index in [4.69, 9.17) is 4.74 Å². The van der Waals surface area contributed by atoms with Crippen molar-refractivity contribution in [2.45, 2.75) is 13.0 Å². The topological polar surface area (TPSA) is 84.7 Å². The van der Waals surface area contributed by atoms with Crippen molar-refractivity contribution < 1.29 is 14.3 Å². The predicted octanol–water partition coefficient (Wildman–Crippen LogP) is 3.28. The number of para-hydroxylation sites is 2. The smallest absolute Gasteiger partial charge is 0.360 e. The first-order chi connectivity index (χ1) is 17.5. The Hall–Kier alpha value is -4.46. The fourth-order valence-electron chi connectivity index (χ4n) is 4.43. The number of carbonyl (C=O) groups is 2. The van der Waals surface area contributed by atoms with E-state index in [0.717, 1.165) is 5.69 Å². The quantitative estimate of drug-likeness (QED) is 0.406. The largest absolute Gasteiger partial charge is 0.448 e. The molecule has 8 heteroatoms. The number of rotatable bonds is 5. The zero-order valence-electron chi connectivity index (χ0n) is 19.9. The third-order valence-electron chi connectivity index (χ3n) is 6.34. The molecule has 1 unspecified atom stereocenters. The number of esters is 1. The molecule has 0 saturated carbocycles. The minimum absolute atomic E-state index is 0.0115. The molecule has 0 N–H and O–H groups in total. The van der Waals surface area contributed by atoms with E-state index in [-0.39, 0.29) is 17.2 Å². The summed E-state index contributed by atoms with van der Waals surface area (Å²) in [5, 5.41) is 5.07. The third kappa shape index (κ3) is 4.57. The number of amides is 1. The van der Waals surface area contributed by atoms with E-state index >= 15 is 0 Å².